The van der Waals surface area contributed by atoms with E-state index in [1.54, 1.807) is 25.1 Å². The normalized spacial score (nSPS) is 15.4. The lowest BCUT2D eigenvalue weighted by Crippen LogP contribution is -2.45. The Bertz CT molecular complexity index is 1050. The standard InChI is InChI=1S/C22H31N5O3S/c1-5-17(4)25-22(28)19-13-18(14-24-21(19)27-10-8-23-9-11-27)26-31(29,30)20-12-15(2)6-7-16(20)3/h6-7,12-14,17,23,26H,5,8-11H2,1-4H3,(H,25,28)/t17-/m0/s1. The molecule has 1 amide bonds. The Labute approximate surface area is 184 Å². The Morgan fingerprint density at radius 2 is 1.94 bits per heavy atom. The molecule has 1 fully saturated rings. The Kier molecular flexibility index (Phi) is 7.17. The predicted octanol–water partition coefficient (Wildman–Crippen LogP) is 2.44. The molecular formula is C22H31N5O3S. The molecule has 1 aromatic heterocycles. The highest BCUT2D eigenvalue weighted by molar-refractivity contribution is 7.92. The fourth-order valence-electron chi connectivity index (χ4n) is 3.42. The van der Waals surface area contributed by atoms with Gasteiger partial charge in [0.25, 0.3) is 15.9 Å². The molecule has 8 nitrogen and oxygen atoms in total. The highest BCUT2D eigenvalue weighted by Crippen LogP contribution is 2.25. The highest BCUT2D eigenvalue weighted by Gasteiger charge is 2.23. The second-order valence-corrected chi connectivity index (χ2v) is 9.64. The summed E-state index contributed by atoms with van der Waals surface area (Å²) in [4.78, 5) is 19.7. The summed E-state index contributed by atoms with van der Waals surface area (Å²) in [6.07, 6.45) is 2.27. The number of anilines is 2. The van der Waals surface area contributed by atoms with Gasteiger partial charge in [-0.1, -0.05) is 19.1 Å². The lowest BCUT2D eigenvalue weighted by molar-refractivity contribution is 0.0939. The van der Waals surface area contributed by atoms with Gasteiger partial charge in [0.05, 0.1) is 22.3 Å². The number of carbonyl (C=O) groups excluding carboxylic acids is 1. The number of nitrogens with one attached hydrogen (secondary N) is 3. The van der Waals surface area contributed by atoms with Crippen LogP contribution < -0.4 is 20.3 Å². The summed E-state index contributed by atoms with van der Waals surface area (Å²) >= 11 is 0. The van der Waals surface area contributed by atoms with E-state index in [1.165, 1.54) is 6.20 Å². The molecule has 1 aliphatic heterocycles. The number of hydrogen-bond acceptors (Lipinski definition) is 6. The molecule has 0 saturated carbocycles. The maximum atomic E-state index is 13.0. The fourth-order valence-corrected chi connectivity index (χ4v) is 4.78. The summed E-state index contributed by atoms with van der Waals surface area (Å²) < 4.78 is 28.6. The van der Waals surface area contributed by atoms with E-state index in [0.29, 0.717) is 16.9 Å². The van der Waals surface area contributed by atoms with Gasteiger partial charge in [0.15, 0.2) is 0 Å². The molecule has 2 aromatic rings. The molecule has 0 aliphatic carbocycles. The van der Waals surface area contributed by atoms with Crippen LogP contribution in [0.4, 0.5) is 11.5 Å². The molecule has 0 radical (unpaired) electrons. The van der Waals surface area contributed by atoms with Gasteiger partial charge in [0.2, 0.25) is 0 Å². The predicted molar refractivity (Wildman–Crippen MR) is 123 cm³/mol. The number of sulfonamides is 1. The van der Waals surface area contributed by atoms with Crippen LogP contribution in [0.15, 0.2) is 35.4 Å². The van der Waals surface area contributed by atoms with Gasteiger partial charge in [-0.25, -0.2) is 13.4 Å². The van der Waals surface area contributed by atoms with Crippen molar-refractivity contribution in [2.45, 2.75) is 45.1 Å². The van der Waals surface area contributed by atoms with Gasteiger partial charge in [0, 0.05) is 32.2 Å². The minimum absolute atomic E-state index is 0.00124. The van der Waals surface area contributed by atoms with Crippen molar-refractivity contribution in [2.24, 2.45) is 0 Å². The van der Waals surface area contributed by atoms with Crippen LogP contribution in [0, 0.1) is 13.8 Å². The number of pyridine rings is 1. The van der Waals surface area contributed by atoms with Crippen molar-refractivity contribution in [2.75, 3.05) is 35.8 Å². The number of nitrogens with zero attached hydrogens (tertiary/aromatic N) is 2. The topological polar surface area (TPSA) is 103 Å². The van der Waals surface area contributed by atoms with Crippen LogP contribution in [0.2, 0.25) is 0 Å². The summed E-state index contributed by atoms with van der Waals surface area (Å²) in [5, 5.41) is 6.25. The van der Waals surface area contributed by atoms with Gasteiger partial charge < -0.3 is 15.5 Å². The van der Waals surface area contributed by atoms with E-state index in [4.69, 9.17) is 0 Å². The summed E-state index contributed by atoms with van der Waals surface area (Å²) in [6, 6.07) is 6.86. The Hall–Kier alpha value is -2.65. The van der Waals surface area contributed by atoms with Gasteiger partial charge in [0.1, 0.15) is 5.82 Å². The lowest BCUT2D eigenvalue weighted by atomic mass is 10.1. The second kappa shape index (κ2) is 9.65. The van der Waals surface area contributed by atoms with Crippen LogP contribution in [0.3, 0.4) is 0 Å². The third kappa shape index (κ3) is 5.54. The molecular weight excluding hydrogens is 414 g/mol. The van der Waals surface area contributed by atoms with Gasteiger partial charge in [-0.05, 0) is 50.5 Å². The molecule has 0 bridgehead atoms. The first kappa shape index (κ1) is 23.0. The zero-order valence-electron chi connectivity index (χ0n) is 18.5. The van der Waals surface area contributed by atoms with E-state index >= 15 is 0 Å². The molecule has 1 aromatic carbocycles. The summed E-state index contributed by atoms with van der Waals surface area (Å²) in [5.74, 6) is 0.306. The van der Waals surface area contributed by atoms with Crippen LogP contribution >= 0.6 is 0 Å². The van der Waals surface area contributed by atoms with E-state index in [-0.39, 0.29) is 22.5 Å². The molecule has 3 rings (SSSR count). The maximum absolute atomic E-state index is 13.0. The Balaban J connectivity index is 1.96. The largest absolute Gasteiger partial charge is 0.353 e. The molecule has 3 N–H and O–H groups in total. The number of benzene rings is 1. The van der Waals surface area contributed by atoms with E-state index in [9.17, 15) is 13.2 Å². The number of hydrogen-bond donors (Lipinski definition) is 3. The molecule has 9 heteroatoms. The van der Waals surface area contributed by atoms with E-state index < -0.39 is 10.0 Å². The average molecular weight is 446 g/mol. The van der Waals surface area contributed by atoms with Gasteiger partial charge in [-0.15, -0.1) is 0 Å². The SMILES string of the molecule is CC[C@H](C)NC(=O)c1cc(NS(=O)(=O)c2cc(C)ccc2C)cnc1N1CCNCC1. The van der Waals surface area contributed by atoms with Crippen molar-refractivity contribution in [3.05, 3.63) is 47.2 Å². The zero-order chi connectivity index (χ0) is 22.6. The summed E-state index contributed by atoms with van der Waals surface area (Å²) in [6.45, 7) is 10.6. The molecule has 168 valence electrons. The molecule has 0 spiro atoms. The second-order valence-electron chi connectivity index (χ2n) is 7.99. The number of carbonyl (C=O) groups is 1. The van der Waals surface area contributed by atoms with Crippen molar-refractivity contribution >= 4 is 27.4 Å². The Morgan fingerprint density at radius 1 is 1.23 bits per heavy atom. The number of aryl methyl sites for hydroxylation is 2. The number of rotatable bonds is 7. The minimum Gasteiger partial charge on any atom is -0.353 e. The van der Waals surface area contributed by atoms with Crippen LogP contribution in [-0.2, 0) is 10.0 Å². The first-order valence-electron chi connectivity index (χ1n) is 10.6. The van der Waals surface area contributed by atoms with E-state index in [2.05, 4.69) is 20.3 Å². The van der Waals surface area contributed by atoms with Crippen LogP contribution in [0.5, 0.6) is 0 Å². The number of amides is 1. The first-order chi connectivity index (χ1) is 14.7. The van der Waals surface area contributed by atoms with Gasteiger partial charge in [-0.2, -0.15) is 0 Å². The monoisotopic (exact) mass is 445 g/mol. The van der Waals surface area contributed by atoms with E-state index in [0.717, 1.165) is 38.2 Å². The average Bonchev–Trinajstić information content (AvgIpc) is 2.75. The summed E-state index contributed by atoms with van der Waals surface area (Å²) in [7, 11) is -3.82. The lowest BCUT2D eigenvalue weighted by Gasteiger charge is -2.30. The van der Waals surface area contributed by atoms with Crippen molar-refractivity contribution in [1.29, 1.82) is 0 Å². The molecule has 0 unspecified atom stereocenters. The van der Waals surface area contributed by atoms with Crippen molar-refractivity contribution in [1.82, 2.24) is 15.6 Å². The van der Waals surface area contributed by atoms with E-state index in [1.807, 2.05) is 31.7 Å². The fraction of sp³-hybridized carbons (Fsp3) is 0.455. The van der Waals surface area contributed by atoms with Gasteiger partial charge >= 0.3 is 0 Å². The number of aromatic nitrogens is 1. The molecule has 1 aliphatic rings. The van der Waals surface area contributed by atoms with Crippen LogP contribution in [0.1, 0.15) is 41.8 Å². The quantitative estimate of drug-likeness (QED) is 0.605. The maximum Gasteiger partial charge on any atom is 0.262 e. The highest BCUT2D eigenvalue weighted by atomic mass is 32.2. The summed E-state index contributed by atoms with van der Waals surface area (Å²) in [5.41, 5.74) is 2.13. The Morgan fingerprint density at radius 3 is 2.61 bits per heavy atom. The molecule has 31 heavy (non-hydrogen) atoms. The van der Waals surface area contributed by atoms with Crippen LogP contribution in [0.25, 0.3) is 0 Å². The molecule has 2 heterocycles. The number of piperazine rings is 1. The molecule has 1 atom stereocenters. The van der Waals surface area contributed by atoms with Gasteiger partial charge in [-0.3, -0.25) is 9.52 Å². The molecule has 1 saturated heterocycles. The first-order valence-corrected chi connectivity index (χ1v) is 12.1. The van der Waals surface area contributed by atoms with Crippen LogP contribution in [-0.4, -0.2) is 51.5 Å². The van der Waals surface area contributed by atoms with Crippen molar-refractivity contribution < 1.29 is 13.2 Å². The third-order valence-electron chi connectivity index (χ3n) is 5.40. The smallest absolute Gasteiger partial charge is 0.262 e. The zero-order valence-corrected chi connectivity index (χ0v) is 19.3. The minimum atomic E-state index is -3.82. The van der Waals surface area contributed by atoms with Crippen molar-refractivity contribution in [3.63, 3.8) is 0 Å². The van der Waals surface area contributed by atoms with Crippen molar-refractivity contribution in [3.8, 4) is 0 Å². The third-order valence-corrected chi connectivity index (χ3v) is 6.93.